The van der Waals surface area contributed by atoms with Gasteiger partial charge in [-0.3, -0.25) is 0 Å². The number of fused-ring (bicyclic) bond motifs is 1. The van der Waals surface area contributed by atoms with E-state index in [1.165, 1.54) is 38.5 Å². The molecule has 0 bridgehead atoms. The molecule has 0 amide bonds. The van der Waals surface area contributed by atoms with Gasteiger partial charge in [-0.15, -0.1) is 0 Å². The molecule has 0 saturated heterocycles. The molecule has 2 unspecified atom stereocenters. The Morgan fingerprint density at radius 3 is 1.75 bits per heavy atom. The Labute approximate surface area is 85.3 Å². The van der Waals surface area contributed by atoms with Crippen molar-refractivity contribution in [2.24, 2.45) is 11.8 Å². The zero-order chi connectivity index (χ0) is 8.97. The lowest BCUT2D eigenvalue weighted by Crippen LogP contribution is -2.12. The molecule has 0 nitrogen and oxygen atoms in total. The highest BCUT2D eigenvalue weighted by atomic mass is 79.9. The average molecular weight is 233 g/mol. The molecule has 0 aliphatic heterocycles. The van der Waals surface area contributed by atoms with E-state index < -0.39 is 0 Å². The van der Waals surface area contributed by atoms with Gasteiger partial charge in [0.2, 0.25) is 0 Å². The molecule has 0 heterocycles. The van der Waals surface area contributed by atoms with Gasteiger partial charge in [0.25, 0.3) is 0 Å². The number of hydrogen-bond acceptors (Lipinski definition) is 0. The van der Waals surface area contributed by atoms with Crippen LogP contribution in [0, 0.1) is 11.8 Å². The molecule has 12 heavy (non-hydrogen) atoms. The highest BCUT2D eigenvalue weighted by Crippen LogP contribution is 2.44. The maximum absolute atomic E-state index is 3.73. The molecule has 0 N–H and O–H groups in total. The first kappa shape index (κ1) is 10.6. The molecule has 0 aromatic heterocycles. The van der Waals surface area contributed by atoms with Gasteiger partial charge in [0.1, 0.15) is 0 Å². The van der Waals surface area contributed by atoms with Crippen LogP contribution in [0.4, 0.5) is 0 Å². The molecule has 1 heteroatoms. The van der Waals surface area contributed by atoms with Gasteiger partial charge in [-0.05, 0) is 24.7 Å². The third-order valence-corrected chi connectivity index (χ3v) is 3.93. The van der Waals surface area contributed by atoms with Crippen LogP contribution in [0.3, 0.4) is 0 Å². The van der Waals surface area contributed by atoms with Crippen LogP contribution in [0.5, 0.6) is 0 Å². The van der Waals surface area contributed by atoms with E-state index in [1.807, 2.05) is 13.8 Å². The van der Waals surface area contributed by atoms with E-state index in [2.05, 4.69) is 15.9 Å². The molecular weight excluding hydrogens is 212 g/mol. The minimum atomic E-state index is 0.862. The summed E-state index contributed by atoms with van der Waals surface area (Å²) < 4.78 is 0. The quantitative estimate of drug-likeness (QED) is 0.545. The average Bonchev–Trinajstić information content (AvgIpc) is 2.48. The smallest absolute Gasteiger partial charge is 0.0151 e. The topological polar surface area (TPSA) is 0 Å². The summed E-state index contributed by atoms with van der Waals surface area (Å²) in [4.78, 5) is 0.862. The summed E-state index contributed by atoms with van der Waals surface area (Å²) in [5.74, 6) is 2.19. The highest BCUT2D eigenvalue weighted by Gasteiger charge is 2.33. The third-order valence-electron chi connectivity index (χ3n) is 3.18. The number of rotatable bonds is 0. The van der Waals surface area contributed by atoms with Gasteiger partial charge in [0, 0.05) is 4.83 Å². The first-order chi connectivity index (χ1) is 5.86. The summed E-state index contributed by atoms with van der Waals surface area (Å²) in [7, 11) is 0. The van der Waals surface area contributed by atoms with Crippen molar-refractivity contribution in [3.8, 4) is 0 Å². The van der Waals surface area contributed by atoms with Gasteiger partial charge in [0.15, 0.2) is 0 Å². The van der Waals surface area contributed by atoms with Crippen molar-refractivity contribution in [1.29, 1.82) is 0 Å². The summed E-state index contributed by atoms with van der Waals surface area (Å²) in [5.41, 5.74) is 0. The monoisotopic (exact) mass is 232 g/mol. The van der Waals surface area contributed by atoms with Crippen LogP contribution < -0.4 is 0 Å². The first-order valence-corrected chi connectivity index (χ1v) is 6.42. The normalized spacial score (nSPS) is 39.8. The summed E-state index contributed by atoms with van der Waals surface area (Å²) in [6.45, 7) is 4.00. The molecule has 0 aromatic rings. The zero-order valence-electron chi connectivity index (χ0n) is 8.35. The van der Waals surface area contributed by atoms with E-state index >= 15 is 0 Å². The second-order valence-electron chi connectivity index (χ2n) is 3.87. The maximum atomic E-state index is 3.73. The summed E-state index contributed by atoms with van der Waals surface area (Å²) in [6, 6.07) is 0. The van der Waals surface area contributed by atoms with Crippen LogP contribution in [-0.2, 0) is 0 Å². The Hall–Kier alpha value is 0.480. The standard InChI is InChI=1S/C9H15Br.C2H6/c10-9-5-7-3-1-2-4-8(7)6-9;1-2/h7-9H,1-6H2;1-2H3. The van der Waals surface area contributed by atoms with E-state index in [-0.39, 0.29) is 0 Å². The van der Waals surface area contributed by atoms with Crippen molar-refractivity contribution in [2.75, 3.05) is 0 Å². The molecule has 2 atom stereocenters. The molecule has 0 aromatic carbocycles. The zero-order valence-corrected chi connectivity index (χ0v) is 9.94. The van der Waals surface area contributed by atoms with Crippen LogP contribution in [0.15, 0.2) is 0 Å². The second kappa shape index (κ2) is 5.26. The van der Waals surface area contributed by atoms with Crippen molar-refractivity contribution in [2.45, 2.75) is 57.2 Å². The summed E-state index contributed by atoms with van der Waals surface area (Å²) >= 11 is 3.73. The lowest BCUT2D eigenvalue weighted by Gasteiger charge is -2.24. The number of alkyl halides is 1. The Morgan fingerprint density at radius 1 is 0.917 bits per heavy atom. The molecule has 0 radical (unpaired) electrons. The van der Waals surface area contributed by atoms with Gasteiger partial charge in [-0.1, -0.05) is 55.5 Å². The largest absolute Gasteiger partial charge is 0.0890 e. The number of halogens is 1. The lowest BCUT2D eigenvalue weighted by atomic mass is 9.82. The van der Waals surface area contributed by atoms with Gasteiger partial charge in [-0.2, -0.15) is 0 Å². The van der Waals surface area contributed by atoms with Crippen molar-refractivity contribution in [3.63, 3.8) is 0 Å². The molecule has 72 valence electrons. The molecule has 0 spiro atoms. The Balaban J connectivity index is 0.000000336. The van der Waals surface area contributed by atoms with Crippen LogP contribution in [-0.4, -0.2) is 4.83 Å². The molecule has 2 fully saturated rings. The fourth-order valence-corrected chi connectivity index (χ4v) is 3.62. The van der Waals surface area contributed by atoms with E-state index in [9.17, 15) is 0 Å². The van der Waals surface area contributed by atoms with E-state index in [1.54, 1.807) is 0 Å². The van der Waals surface area contributed by atoms with Crippen molar-refractivity contribution >= 4 is 15.9 Å². The third kappa shape index (κ3) is 2.48. The van der Waals surface area contributed by atoms with E-state index in [4.69, 9.17) is 0 Å². The Bertz CT molecular complexity index is 108. The fraction of sp³-hybridized carbons (Fsp3) is 1.00. The summed E-state index contributed by atoms with van der Waals surface area (Å²) in [5, 5.41) is 0. The van der Waals surface area contributed by atoms with E-state index in [0.717, 1.165) is 16.7 Å². The lowest BCUT2D eigenvalue weighted by molar-refractivity contribution is 0.277. The van der Waals surface area contributed by atoms with E-state index in [0.29, 0.717) is 0 Å². The molecular formula is C11H21Br. The predicted molar refractivity (Wildman–Crippen MR) is 58.7 cm³/mol. The highest BCUT2D eigenvalue weighted by molar-refractivity contribution is 9.09. The maximum Gasteiger partial charge on any atom is 0.0151 e. The number of hydrogen-bond donors (Lipinski definition) is 0. The molecule has 2 aliphatic carbocycles. The minimum Gasteiger partial charge on any atom is -0.0890 e. The van der Waals surface area contributed by atoms with Gasteiger partial charge >= 0.3 is 0 Å². The van der Waals surface area contributed by atoms with Gasteiger partial charge < -0.3 is 0 Å². The van der Waals surface area contributed by atoms with Crippen LogP contribution in [0.2, 0.25) is 0 Å². The SMILES string of the molecule is BrC1CC2CCCCC2C1.CC. The second-order valence-corrected chi connectivity index (χ2v) is 5.17. The Morgan fingerprint density at radius 2 is 1.33 bits per heavy atom. The Kier molecular flexibility index (Phi) is 4.63. The fourth-order valence-electron chi connectivity index (χ4n) is 2.66. The van der Waals surface area contributed by atoms with Crippen molar-refractivity contribution in [1.82, 2.24) is 0 Å². The van der Waals surface area contributed by atoms with Crippen LogP contribution >= 0.6 is 15.9 Å². The summed E-state index contributed by atoms with van der Waals surface area (Å²) in [6.07, 6.45) is 8.97. The predicted octanol–water partition coefficient (Wildman–Crippen LogP) is 4.38. The van der Waals surface area contributed by atoms with Gasteiger partial charge in [-0.25, -0.2) is 0 Å². The first-order valence-electron chi connectivity index (χ1n) is 5.50. The van der Waals surface area contributed by atoms with Crippen LogP contribution in [0.1, 0.15) is 52.4 Å². The van der Waals surface area contributed by atoms with Crippen molar-refractivity contribution < 1.29 is 0 Å². The minimum absolute atomic E-state index is 0.862. The van der Waals surface area contributed by atoms with Crippen molar-refractivity contribution in [3.05, 3.63) is 0 Å². The molecule has 2 rings (SSSR count). The van der Waals surface area contributed by atoms with Crippen LogP contribution in [0.25, 0.3) is 0 Å². The molecule has 2 aliphatic rings. The molecule has 2 saturated carbocycles. The van der Waals surface area contributed by atoms with Gasteiger partial charge in [0.05, 0.1) is 0 Å².